The highest BCUT2D eigenvalue weighted by Gasteiger charge is 2.19. The highest BCUT2D eigenvalue weighted by atomic mass is 32.1. The van der Waals surface area contributed by atoms with Crippen molar-refractivity contribution in [3.05, 3.63) is 146 Å². The summed E-state index contributed by atoms with van der Waals surface area (Å²) in [4.78, 5) is 0. The zero-order chi connectivity index (χ0) is 28.8. The molecule has 8 aromatic carbocycles. The van der Waals surface area contributed by atoms with Crippen molar-refractivity contribution in [2.75, 3.05) is 0 Å². The first kappa shape index (κ1) is 24.4. The standard InChI is InChI=1S/C42H24S2/c1-2-12-27-25(10-1)11-9-18-29(27)40-32-16-5-3-14-30(32)39(31-15-4-6-17-33(31)40)26-20-21-35-38(24-26)43-37-23-22-34-28-13-7-8-19-36(28)44-42(34)41(35)37/h1-24H. The van der Waals surface area contributed by atoms with Gasteiger partial charge in [0.15, 0.2) is 0 Å². The lowest BCUT2D eigenvalue weighted by Gasteiger charge is -2.18. The van der Waals surface area contributed by atoms with Crippen molar-refractivity contribution in [1.82, 2.24) is 0 Å². The SMILES string of the molecule is c1ccc2c(-c3c4ccccc4c(-c4ccc5c(c4)sc4ccc6c7ccccc7sc6c45)c4ccccc34)cccc2c1. The first-order chi connectivity index (χ1) is 21.8. The quantitative estimate of drug-likeness (QED) is 0.175. The van der Waals surface area contributed by atoms with Crippen LogP contribution in [-0.4, -0.2) is 0 Å². The molecule has 10 rings (SSSR count). The van der Waals surface area contributed by atoms with E-state index in [0.717, 1.165) is 0 Å². The third kappa shape index (κ3) is 3.38. The number of benzene rings is 8. The molecule has 2 aromatic heterocycles. The maximum atomic E-state index is 2.44. The molecular weight excluding hydrogens is 569 g/mol. The van der Waals surface area contributed by atoms with Gasteiger partial charge in [-0.25, -0.2) is 0 Å². The Balaban J connectivity index is 1.28. The van der Waals surface area contributed by atoms with Crippen molar-refractivity contribution in [2.45, 2.75) is 0 Å². The first-order valence-corrected chi connectivity index (χ1v) is 16.7. The van der Waals surface area contributed by atoms with E-state index in [4.69, 9.17) is 0 Å². The predicted molar refractivity (Wildman–Crippen MR) is 196 cm³/mol. The average Bonchev–Trinajstić information content (AvgIpc) is 3.65. The Kier molecular flexibility index (Phi) is 5.13. The van der Waals surface area contributed by atoms with Gasteiger partial charge >= 0.3 is 0 Å². The third-order valence-corrected chi connectivity index (χ3v) is 11.6. The van der Waals surface area contributed by atoms with Crippen molar-refractivity contribution in [2.24, 2.45) is 0 Å². The van der Waals surface area contributed by atoms with Gasteiger partial charge in [0, 0.05) is 40.3 Å². The molecule has 2 heteroatoms. The summed E-state index contributed by atoms with van der Waals surface area (Å²) in [6, 6.07) is 54.0. The van der Waals surface area contributed by atoms with Crippen LogP contribution in [-0.2, 0) is 0 Å². The molecule has 0 fully saturated rings. The predicted octanol–water partition coefficient (Wildman–Crippen LogP) is 13.2. The summed E-state index contributed by atoms with van der Waals surface area (Å²) in [5.41, 5.74) is 5.18. The zero-order valence-corrected chi connectivity index (χ0v) is 25.3. The van der Waals surface area contributed by atoms with Gasteiger partial charge in [-0.15, -0.1) is 22.7 Å². The fraction of sp³-hybridized carbons (Fsp3) is 0. The van der Waals surface area contributed by atoms with E-state index in [1.807, 2.05) is 22.7 Å². The van der Waals surface area contributed by atoms with Crippen molar-refractivity contribution in [3.63, 3.8) is 0 Å². The molecule has 0 bridgehead atoms. The summed E-state index contributed by atoms with van der Waals surface area (Å²) in [5.74, 6) is 0. The Hall–Kier alpha value is -5.02. The minimum Gasteiger partial charge on any atom is -0.135 e. The molecular formula is C42H24S2. The molecule has 0 nitrogen and oxygen atoms in total. The molecule has 0 N–H and O–H groups in total. The van der Waals surface area contributed by atoms with Crippen molar-refractivity contribution in [3.8, 4) is 22.3 Å². The fourth-order valence-electron chi connectivity index (χ4n) is 7.37. The van der Waals surface area contributed by atoms with Gasteiger partial charge in [-0.3, -0.25) is 0 Å². The van der Waals surface area contributed by atoms with E-state index in [-0.39, 0.29) is 0 Å². The Labute approximate surface area is 262 Å². The molecule has 0 amide bonds. The van der Waals surface area contributed by atoms with Gasteiger partial charge in [-0.2, -0.15) is 0 Å². The molecule has 2 heterocycles. The van der Waals surface area contributed by atoms with E-state index in [9.17, 15) is 0 Å². The lowest BCUT2D eigenvalue weighted by Crippen LogP contribution is -1.91. The molecule has 0 atom stereocenters. The van der Waals surface area contributed by atoms with Crippen LogP contribution in [0, 0.1) is 0 Å². The van der Waals surface area contributed by atoms with Crippen LogP contribution in [0.1, 0.15) is 0 Å². The van der Waals surface area contributed by atoms with Crippen molar-refractivity contribution in [1.29, 1.82) is 0 Å². The normalized spacial score (nSPS) is 12.1. The monoisotopic (exact) mass is 592 g/mol. The Morgan fingerprint density at radius 1 is 0.341 bits per heavy atom. The van der Waals surface area contributed by atoms with Gasteiger partial charge in [0.2, 0.25) is 0 Å². The molecule has 204 valence electrons. The largest absolute Gasteiger partial charge is 0.135 e. The van der Waals surface area contributed by atoms with E-state index in [1.54, 1.807) is 0 Å². The number of fused-ring (bicyclic) bond motifs is 10. The third-order valence-electron chi connectivity index (χ3n) is 9.26. The van der Waals surface area contributed by atoms with E-state index >= 15 is 0 Å². The molecule has 0 spiro atoms. The molecule has 10 aromatic rings. The second-order valence-electron chi connectivity index (χ2n) is 11.6. The maximum absolute atomic E-state index is 2.44. The van der Waals surface area contributed by atoms with Crippen molar-refractivity contribution < 1.29 is 0 Å². The van der Waals surface area contributed by atoms with E-state index in [0.29, 0.717) is 0 Å². The lowest BCUT2D eigenvalue weighted by molar-refractivity contribution is 1.69. The van der Waals surface area contributed by atoms with Gasteiger partial charge < -0.3 is 0 Å². The molecule has 0 unspecified atom stereocenters. The minimum atomic E-state index is 1.27. The summed E-state index contributed by atoms with van der Waals surface area (Å²) in [5, 5.41) is 13.2. The Bertz CT molecular complexity index is 2710. The number of rotatable bonds is 2. The summed E-state index contributed by atoms with van der Waals surface area (Å²) in [6.45, 7) is 0. The molecule has 0 saturated heterocycles. The van der Waals surface area contributed by atoms with Crippen LogP contribution in [0.5, 0.6) is 0 Å². The van der Waals surface area contributed by atoms with Crippen LogP contribution in [0.2, 0.25) is 0 Å². The summed E-state index contributed by atoms with van der Waals surface area (Å²) >= 11 is 3.84. The van der Waals surface area contributed by atoms with Crippen LogP contribution >= 0.6 is 22.7 Å². The lowest BCUT2D eigenvalue weighted by atomic mass is 9.84. The van der Waals surface area contributed by atoms with Crippen LogP contribution in [0.15, 0.2) is 146 Å². The summed E-state index contributed by atoms with van der Waals surface area (Å²) in [6.07, 6.45) is 0. The van der Waals surface area contributed by atoms with Crippen LogP contribution < -0.4 is 0 Å². The molecule has 0 aliphatic rings. The zero-order valence-electron chi connectivity index (χ0n) is 23.7. The van der Waals surface area contributed by atoms with E-state index in [2.05, 4.69) is 146 Å². The Morgan fingerprint density at radius 3 is 1.73 bits per heavy atom. The average molecular weight is 593 g/mol. The van der Waals surface area contributed by atoms with Gasteiger partial charge in [0.1, 0.15) is 0 Å². The van der Waals surface area contributed by atoms with E-state index < -0.39 is 0 Å². The molecule has 0 aliphatic carbocycles. The highest BCUT2D eigenvalue weighted by molar-refractivity contribution is 7.29. The number of hydrogen-bond acceptors (Lipinski definition) is 2. The number of hydrogen-bond donors (Lipinski definition) is 0. The van der Waals surface area contributed by atoms with Gasteiger partial charge in [0.05, 0.1) is 0 Å². The van der Waals surface area contributed by atoms with Gasteiger partial charge in [0.25, 0.3) is 0 Å². The summed E-state index contributed by atoms with van der Waals surface area (Å²) < 4.78 is 5.46. The van der Waals surface area contributed by atoms with Gasteiger partial charge in [-0.1, -0.05) is 127 Å². The van der Waals surface area contributed by atoms with Crippen molar-refractivity contribution >= 4 is 95.3 Å². The topological polar surface area (TPSA) is 0 Å². The highest BCUT2D eigenvalue weighted by Crippen LogP contribution is 2.48. The molecule has 0 saturated carbocycles. The van der Waals surface area contributed by atoms with Crippen LogP contribution in [0.4, 0.5) is 0 Å². The van der Waals surface area contributed by atoms with Crippen LogP contribution in [0.25, 0.3) is 94.9 Å². The molecule has 44 heavy (non-hydrogen) atoms. The fourth-order valence-corrected chi connectivity index (χ4v) is 9.85. The smallest absolute Gasteiger partial charge is 0.0448 e. The minimum absolute atomic E-state index is 1.27. The second-order valence-corrected chi connectivity index (χ2v) is 13.7. The van der Waals surface area contributed by atoms with Crippen LogP contribution in [0.3, 0.4) is 0 Å². The van der Waals surface area contributed by atoms with E-state index in [1.165, 1.54) is 94.9 Å². The molecule has 0 radical (unpaired) electrons. The number of thiophene rings is 2. The molecule has 0 aliphatic heterocycles. The Morgan fingerprint density at radius 2 is 0.955 bits per heavy atom. The summed E-state index contributed by atoms with van der Waals surface area (Å²) in [7, 11) is 0. The first-order valence-electron chi connectivity index (χ1n) is 15.0. The maximum Gasteiger partial charge on any atom is 0.0448 e. The second kappa shape index (κ2) is 9.24. The van der Waals surface area contributed by atoms with Gasteiger partial charge in [-0.05, 0) is 72.8 Å².